The molecule has 0 unspecified atom stereocenters. The monoisotopic (exact) mass is 574 g/mol. The zero-order valence-electron chi connectivity index (χ0n) is 15.1. The van der Waals surface area contributed by atoms with Gasteiger partial charge in [0.15, 0.2) is 0 Å². The van der Waals surface area contributed by atoms with E-state index in [-0.39, 0.29) is 21.6 Å². The summed E-state index contributed by atoms with van der Waals surface area (Å²) in [7, 11) is 0. The molecule has 0 spiro atoms. The number of halogens is 4. The lowest BCUT2D eigenvalue weighted by molar-refractivity contribution is -0.386. The van der Waals surface area contributed by atoms with Crippen LogP contribution < -0.4 is 15.6 Å². The molecule has 9 nitrogen and oxygen atoms in total. The van der Waals surface area contributed by atoms with E-state index in [1.165, 1.54) is 36.4 Å². The Morgan fingerprint density at radius 3 is 1.90 bits per heavy atom. The summed E-state index contributed by atoms with van der Waals surface area (Å²) in [5.41, 5.74) is 3.36. The van der Waals surface area contributed by atoms with Gasteiger partial charge in [-0.15, -0.1) is 0 Å². The maximum Gasteiger partial charge on any atom is 0.337 e. The lowest BCUT2D eigenvalue weighted by Crippen LogP contribution is -2.13. The molecule has 0 atom stereocenters. The largest absolute Gasteiger partial charge is 0.449 e. The average Bonchev–Trinajstić information content (AvgIpc) is 2.71. The zero-order valence-corrected chi connectivity index (χ0v) is 19.0. The molecule has 0 saturated heterocycles. The van der Waals surface area contributed by atoms with Gasteiger partial charge in [0, 0.05) is 5.02 Å². The van der Waals surface area contributed by atoms with E-state index in [0.29, 0.717) is 15.2 Å². The van der Waals surface area contributed by atoms with Crippen LogP contribution in [0.1, 0.15) is 0 Å². The standard InChI is InChI=1S/C18H10Br2ClFN4O5/c19-11-5-7-13(16(15(11)22)25(27)28)23-24-14-8-6-12(20)18(17(14)26(29)30)31-10-3-1-9(21)2-4-10/h1-8,23-24H. The van der Waals surface area contributed by atoms with E-state index >= 15 is 0 Å². The highest BCUT2D eigenvalue weighted by Gasteiger charge is 2.27. The number of hydrazine groups is 1. The minimum absolute atomic E-state index is 0.0743. The molecule has 0 heterocycles. The van der Waals surface area contributed by atoms with Crippen molar-refractivity contribution in [3.63, 3.8) is 0 Å². The van der Waals surface area contributed by atoms with Crippen LogP contribution in [0, 0.1) is 26.0 Å². The number of nitrogens with one attached hydrogen (secondary N) is 2. The van der Waals surface area contributed by atoms with Gasteiger partial charge in [0.1, 0.15) is 17.1 Å². The third-order valence-electron chi connectivity index (χ3n) is 3.88. The molecule has 13 heteroatoms. The van der Waals surface area contributed by atoms with Crippen molar-refractivity contribution in [2.24, 2.45) is 0 Å². The summed E-state index contributed by atoms with van der Waals surface area (Å²) >= 11 is 11.9. The molecule has 0 radical (unpaired) electrons. The van der Waals surface area contributed by atoms with E-state index in [9.17, 15) is 24.6 Å². The first-order valence-corrected chi connectivity index (χ1v) is 10.2. The Balaban J connectivity index is 1.97. The van der Waals surface area contributed by atoms with E-state index in [4.69, 9.17) is 16.3 Å². The smallest absolute Gasteiger partial charge is 0.337 e. The zero-order chi connectivity index (χ0) is 22.7. The first kappa shape index (κ1) is 22.7. The molecule has 0 amide bonds. The van der Waals surface area contributed by atoms with Gasteiger partial charge in [-0.3, -0.25) is 31.1 Å². The third-order valence-corrected chi connectivity index (χ3v) is 5.37. The molecule has 3 aromatic carbocycles. The van der Waals surface area contributed by atoms with Crippen LogP contribution in [0.4, 0.5) is 27.1 Å². The van der Waals surface area contributed by atoms with Crippen LogP contribution >= 0.6 is 43.5 Å². The van der Waals surface area contributed by atoms with Crippen molar-refractivity contribution in [3.8, 4) is 11.5 Å². The Morgan fingerprint density at radius 1 is 0.839 bits per heavy atom. The third kappa shape index (κ3) is 5.03. The second-order valence-electron chi connectivity index (χ2n) is 5.85. The van der Waals surface area contributed by atoms with Crippen molar-refractivity contribution in [3.05, 3.63) is 88.5 Å². The molecule has 0 aromatic heterocycles. The quantitative estimate of drug-likeness (QED) is 0.228. The van der Waals surface area contributed by atoms with Gasteiger partial charge in [0.2, 0.25) is 11.6 Å². The summed E-state index contributed by atoms with van der Waals surface area (Å²) in [4.78, 5) is 21.4. The molecule has 160 valence electrons. The Kier molecular flexibility index (Phi) is 6.93. The molecule has 3 rings (SSSR count). The fourth-order valence-electron chi connectivity index (χ4n) is 2.50. The predicted molar refractivity (Wildman–Crippen MR) is 120 cm³/mol. The van der Waals surface area contributed by atoms with Gasteiger partial charge in [0.05, 0.1) is 18.8 Å². The minimum Gasteiger partial charge on any atom is -0.449 e. The van der Waals surface area contributed by atoms with E-state index in [1.807, 2.05) is 0 Å². The van der Waals surface area contributed by atoms with Crippen molar-refractivity contribution < 1.29 is 19.0 Å². The summed E-state index contributed by atoms with van der Waals surface area (Å²) in [5, 5.41) is 23.5. The molecule has 0 aliphatic rings. The van der Waals surface area contributed by atoms with Crippen molar-refractivity contribution in [1.29, 1.82) is 0 Å². The Bertz CT molecular complexity index is 1180. The number of hydrogen-bond donors (Lipinski definition) is 2. The Labute approximate surface area is 195 Å². The summed E-state index contributed by atoms with van der Waals surface area (Å²) in [5.74, 6) is -0.909. The van der Waals surface area contributed by atoms with Crippen LogP contribution in [0.3, 0.4) is 0 Å². The predicted octanol–water partition coefficient (Wildman–Crippen LogP) is 7.05. The second kappa shape index (κ2) is 9.45. The summed E-state index contributed by atoms with van der Waals surface area (Å²) < 4.78 is 20.0. The maximum absolute atomic E-state index is 14.1. The lowest BCUT2D eigenvalue weighted by atomic mass is 10.2. The molecular formula is C18H10Br2ClFN4O5. The topological polar surface area (TPSA) is 120 Å². The van der Waals surface area contributed by atoms with Gasteiger partial charge in [-0.2, -0.15) is 4.39 Å². The van der Waals surface area contributed by atoms with Gasteiger partial charge in [0.25, 0.3) is 0 Å². The molecule has 0 saturated carbocycles. The van der Waals surface area contributed by atoms with Gasteiger partial charge in [-0.25, -0.2) is 0 Å². The second-order valence-corrected chi connectivity index (χ2v) is 8.00. The number of nitro groups is 2. The lowest BCUT2D eigenvalue weighted by Gasteiger charge is -2.14. The summed E-state index contributed by atoms with van der Waals surface area (Å²) in [6.45, 7) is 0. The van der Waals surface area contributed by atoms with E-state index < -0.39 is 27.0 Å². The highest BCUT2D eigenvalue weighted by molar-refractivity contribution is 9.10. The molecule has 0 aliphatic carbocycles. The first-order valence-electron chi connectivity index (χ1n) is 8.23. The van der Waals surface area contributed by atoms with Crippen molar-refractivity contribution in [2.45, 2.75) is 0 Å². The van der Waals surface area contributed by atoms with Crippen molar-refractivity contribution >= 4 is 66.2 Å². The fourth-order valence-corrected chi connectivity index (χ4v) is 3.35. The molecule has 2 N–H and O–H groups in total. The number of anilines is 2. The molecule has 31 heavy (non-hydrogen) atoms. The van der Waals surface area contributed by atoms with Crippen LogP contribution in [-0.2, 0) is 0 Å². The van der Waals surface area contributed by atoms with Gasteiger partial charge < -0.3 is 4.74 Å². The molecular weight excluding hydrogens is 566 g/mol. The number of nitro benzene ring substituents is 2. The van der Waals surface area contributed by atoms with Gasteiger partial charge >= 0.3 is 11.4 Å². The Morgan fingerprint density at radius 2 is 1.35 bits per heavy atom. The highest BCUT2D eigenvalue weighted by Crippen LogP contribution is 2.43. The van der Waals surface area contributed by atoms with Crippen LogP contribution in [0.25, 0.3) is 0 Å². The average molecular weight is 577 g/mol. The van der Waals surface area contributed by atoms with Crippen LogP contribution in [0.15, 0.2) is 57.5 Å². The van der Waals surface area contributed by atoms with E-state index in [2.05, 4.69) is 42.7 Å². The molecule has 0 bridgehead atoms. The molecule has 0 aliphatic heterocycles. The van der Waals surface area contributed by atoms with E-state index in [1.54, 1.807) is 12.1 Å². The van der Waals surface area contributed by atoms with E-state index in [0.717, 1.165) is 0 Å². The van der Waals surface area contributed by atoms with Crippen LogP contribution in [-0.4, -0.2) is 9.85 Å². The summed E-state index contributed by atoms with van der Waals surface area (Å²) in [6, 6.07) is 11.5. The first-order chi connectivity index (χ1) is 14.7. The number of nitrogens with zero attached hydrogens (tertiary/aromatic N) is 2. The number of rotatable bonds is 7. The van der Waals surface area contributed by atoms with Crippen molar-refractivity contribution in [2.75, 3.05) is 10.9 Å². The number of hydrogen-bond acceptors (Lipinski definition) is 7. The van der Waals surface area contributed by atoms with Crippen molar-refractivity contribution in [1.82, 2.24) is 0 Å². The summed E-state index contributed by atoms with van der Waals surface area (Å²) in [6.07, 6.45) is 0. The normalized spacial score (nSPS) is 10.5. The van der Waals surface area contributed by atoms with Crippen LogP contribution in [0.5, 0.6) is 11.5 Å². The molecule has 3 aromatic rings. The number of ether oxygens (including phenoxy) is 1. The molecule has 0 fully saturated rings. The Hall–Kier alpha value is -2.96. The highest BCUT2D eigenvalue weighted by atomic mass is 79.9. The fraction of sp³-hybridized carbons (Fsp3) is 0. The SMILES string of the molecule is O=[N+]([O-])c1c(NNc2ccc(Br)c(Oc3ccc(Cl)cc3)c2[N+](=O)[O-])ccc(Br)c1F. The van der Waals surface area contributed by atoms with Gasteiger partial charge in [-0.05, 0) is 80.4 Å². The van der Waals surface area contributed by atoms with Gasteiger partial charge in [-0.1, -0.05) is 11.6 Å². The minimum atomic E-state index is -1.09. The van der Waals surface area contributed by atoms with Crippen LogP contribution in [0.2, 0.25) is 5.02 Å². The number of benzene rings is 3. The maximum atomic E-state index is 14.1.